The lowest BCUT2D eigenvalue weighted by Gasteiger charge is -2.44. The molecule has 0 amide bonds. The van der Waals surface area contributed by atoms with Gasteiger partial charge < -0.3 is 20.1 Å². The Hall–Kier alpha value is -2.97. The summed E-state index contributed by atoms with van der Waals surface area (Å²) in [7, 11) is 0. The minimum Gasteiger partial charge on any atom is -0.493 e. The van der Waals surface area contributed by atoms with Crippen LogP contribution in [0.1, 0.15) is 56.0 Å². The van der Waals surface area contributed by atoms with Crippen LogP contribution < -0.4 is 10.5 Å². The predicted molar refractivity (Wildman–Crippen MR) is 140 cm³/mol. The summed E-state index contributed by atoms with van der Waals surface area (Å²) in [6.07, 6.45) is 6.92. The molecule has 3 aliphatic heterocycles. The molecule has 0 saturated carbocycles. The van der Waals surface area contributed by atoms with E-state index in [1.807, 2.05) is 31.9 Å². The molecule has 8 heteroatoms. The molecule has 2 saturated heterocycles. The van der Waals surface area contributed by atoms with Crippen LogP contribution in [-0.4, -0.2) is 60.9 Å². The molecule has 3 aliphatic rings. The van der Waals surface area contributed by atoms with Crippen molar-refractivity contribution in [2.75, 3.05) is 32.9 Å². The Morgan fingerprint density at radius 3 is 2.92 bits per heavy atom. The van der Waals surface area contributed by atoms with Crippen LogP contribution in [0.4, 0.5) is 4.39 Å². The highest BCUT2D eigenvalue weighted by molar-refractivity contribution is 6.05. The zero-order valence-electron chi connectivity index (χ0n) is 21.5. The molecule has 4 rings (SSSR count). The fourth-order valence-electron chi connectivity index (χ4n) is 5.38. The van der Waals surface area contributed by atoms with Crippen LogP contribution in [0.25, 0.3) is 5.57 Å². The number of aldehydes is 1. The topological polar surface area (TPSA) is 80.4 Å². The summed E-state index contributed by atoms with van der Waals surface area (Å²) in [5.41, 5.74) is 9.29. The van der Waals surface area contributed by atoms with Gasteiger partial charge in [0.25, 0.3) is 0 Å². The van der Waals surface area contributed by atoms with Crippen molar-refractivity contribution in [3.63, 3.8) is 0 Å². The monoisotopic (exact) mass is 496 g/mol. The van der Waals surface area contributed by atoms with Crippen molar-refractivity contribution in [3.05, 3.63) is 59.4 Å². The van der Waals surface area contributed by atoms with Crippen LogP contribution in [0.2, 0.25) is 0 Å². The number of nitrogens with two attached hydrogens (primary N) is 1. The van der Waals surface area contributed by atoms with Crippen LogP contribution in [0.5, 0.6) is 5.75 Å². The van der Waals surface area contributed by atoms with Gasteiger partial charge in [0.2, 0.25) is 0 Å². The summed E-state index contributed by atoms with van der Waals surface area (Å²) in [4.78, 5) is 20.3. The Labute approximate surface area is 213 Å². The number of aliphatic imine (C=N–C) groups is 1. The summed E-state index contributed by atoms with van der Waals surface area (Å²) in [5.74, 6) is 0.255. The molecule has 0 aliphatic carbocycles. The number of amidine groups is 1. The van der Waals surface area contributed by atoms with Crippen LogP contribution in [0.15, 0.2) is 47.5 Å². The van der Waals surface area contributed by atoms with E-state index in [0.717, 1.165) is 51.3 Å². The number of carbonyl (C=O) groups excluding carboxylic acids is 1. The van der Waals surface area contributed by atoms with E-state index in [2.05, 4.69) is 16.5 Å². The van der Waals surface area contributed by atoms with E-state index >= 15 is 4.39 Å². The zero-order valence-corrected chi connectivity index (χ0v) is 21.5. The highest BCUT2D eigenvalue weighted by Gasteiger charge is 2.35. The number of ether oxygens (including phenoxy) is 2. The first-order chi connectivity index (χ1) is 17.4. The molecule has 0 bridgehead atoms. The number of hydrogen-bond donors (Lipinski definition) is 1. The number of carbonyl (C=O) groups is 1. The summed E-state index contributed by atoms with van der Waals surface area (Å²) < 4.78 is 27.2. The number of nitrogens with zero attached hydrogens (tertiary/aromatic N) is 3. The maximum Gasteiger partial charge on any atom is 0.150 e. The summed E-state index contributed by atoms with van der Waals surface area (Å²) in [5, 5.41) is 0. The highest BCUT2D eigenvalue weighted by Crippen LogP contribution is 2.41. The minimum absolute atomic E-state index is 0.0682. The van der Waals surface area contributed by atoms with Crippen LogP contribution in [-0.2, 0) is 4.74 Å². The molecule has 3 heterocycles. The lowest BCUT2D eigenvalue weighted by Crippen LogP contribution is -2.51. The Kier molecular flexibility index (Phi) is 8.26. The lowest BCUT2D eigenvalue weighted by molar-refractivity contribution is -0.0335. The van der Waals surface area contributed by atoms with E-state index in [-0.39, 0.29) is 17.4 Å². The molecule has 2 N–H and O–H groups in total. The van der Waals surface area contributed by atoms with Gasteiger partial charge in [-0.15, -0.1) is 0 Å². The summed E-state index contributed by atoms with van der Waals surface area (Å²) >= 11 is 0. The largest absolute Gasteiger partial charge is 0.493 e. The molecule has 7 nitrogen and oxygen atoms in total. The quantitative estimate of drug-likeness (QED) is 0.532. The fraction of sp³-hybridized carbons (Fsp3) is 0.500. The number of rotatable bonds is 8. The van der Waals surface area contributed by atoms with Crippen LogP contribution in [0.3, 0.4) is 0 Å². The molecular weight excluding hydrogens is 459 g/mol. The van der Waals surface area contributed by atoms with Crippen LogP contribution >= 0.6 is 0 Å². The van der Waals surface area contributed by atoms with Gasteiger partial charge in [0.15, 0.2) is 0 Å². The summed E-state index contributed by atoms with van der Waals surface area (Å²) in [6, 6.07) is 3.29. The average Bonchev–Trinajstić information content (AvgIpc) is 2.89. The lowest BCUT2D eigenvalue weighted by atomic mass is 9.86. The molecule has 3 unspecified atom stereocenters. The highest BCUT2D eigenvalue weighted by atomic mass is 19.1. The number of halogens is 1. The second kappa shape index (κ2) is 11.4. The van der Waals surface area contributed by atoms with E-state index < -0.39 is 5.82 Å². The third kappa shape index (κ3) is 5.11. The zero-order chi connectivity index (χ0) is 25.8. The first-order valence-corrected chi connectivity index (χ1v) is 12.9. The number of fused-ring (bicyclic) bond motifs is 1. The smallest absolute Gasteiger partial charge is 0.150 e. The van der Waals surface area contributed by atoms with Crippen molar-refractivity contribution in [1.29, 1.82) is 0 Å². The maximum absolute atomic E-state index is 15.7. The molecule has 0 aromatic heterocycles. The molecule has 36 heavy (non-hydrogen) atoms. The number of hydrogen-bond acceptors (Lipinski definition) is 7. The molecule has 2 fully saturated rings. The number of morpholine rings is 1. The third-order valence-electron chi connectivity index (χ3n) is 7.49. The van der Waals surface area contributed by atoms with E-state index in [0.29, 0.717) is 47.4 Å². The van der Waals surface area contributed by atoms with Crippen molar-refractivity contribution in [3.8, 4) is 5.75 Å². The van der Waals surface area contributed by atoms with E-state index in [4.69, 9.17) is 15.2 Å². The SMILES string of the molecule is C=C(C1CCC2COCCN2C1)N1C=CN=C(N)/C1=C(\c1c(F)cc(C=O)cc1OCC)C(C)CC. The van der Waals surface area contributed by atoms with Gasteiger partial charge in [-0.3, -0.25) is 9.69 Å². The molecule has 1 aromatic rings. The summed E-state index contributed by atoms with van der Waals surface area (Å²) in [6.45, 7) is 14.1. The van der Waals surface area contributed by atoms with Gasteiger partial charge in [-0.05, 0) is 49.8 Å². The molecule has 0 radical (unpaired) electrons. The molecule has 1 aromatic carbocycles. The average molecular weight is 497 g/mol. The van der Waals surface area contributed by atoms with E-state index in [1.165, 1.54) is 6.07 Å². The van der Waals surface area contributed by atoms with Gasteiger partial charge in [-0.2, -0.15) is 0 Å². The normalized spacial score (nSPS) is 24.6. The van der Waals surface area contributed by atoms with Gasteiger partial charge in [-0.25, -0.2) is 9.38 Å². The van der Waals surface area contributed by atoms with Crippen molar-refractivity contribution in [2.45, 2.75) is 46.1 Å². The molecule has 3 atom stereocenters. The molecule has 0 spiro atoms. The van der Waals surface area contributed by atoms with Gasteiger partial charge in [-0.1, -0.05) is 20.4 Å². The predicted octanol–water partition coefficient (Wildman–Crippen LogP) is 4.56. The van der Waals surface area contributed by atoms with E-state index in [9.17, 15) is 4.79 Å². The van der Waals surface area contributed by atoms with Crippen molar-refractivity contribution < 1.29 is 18.7 Å². The number of allylic oxidation sites excluding steroid dienone is 1. The first-order valence-electron chi connectivity index (χ1n) is 12.9. The minimum atomic E-state index is -0.521. The van der Waals surface area contributed by atoms with E-state index in [1.54, 1.807) is 12.3 Å². The van der Waals surface area contributed by atoms with Crippen molar-refractivity contribution in [2.24, 2.45) is 22.6 Å². The third-order valence-corrected chi connectivity index (χ3v) is 7.49. The standard InChI is InChI=1S/C28H37FN4O3/c1-5-18(3)25(26-23(29)13-20(16-34)14-24(26)36-6-2)27-28(30)31-9-10-33(27)19(4)21-7-8-22-17-35-12-11-32(22)15-21/h9-10,13-14,16,18,21-22H,4-8,11-12,15,17H2,1-3H3,(H2,30,31)/b27-25+. The van der Waals surface area contributed by atoms with Crippen LogP contribution in [0, 0.1) is 17.7 Å². The second-order valence-electron chi connectivity index (χ2n) is 9.67. The molecular formula is C28H37FN4O3. The Morgan fingerprint density at radius 2 is 2.19 bits per heavy atom. The maximum atomic E-state index is 15.7. The fourth-order valence-corrected chi connectivity index (χ4v) is 5.38. The first kappa shape index (κ1) is 26.1. The number of piperidine rings is 1. The molecule has 194 valence electrons. The second-order valence-corrected chi connectivity index (χ2v) is 9.67. The Balaban J connectivity index is 1.81. The van der Waals surface area contributed by atoms with Crippen molar-refractivity contribution in [1.82, 2.24) is 9.80 Å². The van der Waals surface area contributed by atoms with Gasteiger partial charge in [0, 0.05) is 48.7 Å². The van der Waals surface area contributed by atoms with Gasteiger partial charge in [0.05, 0.1) is 31.1 Å². The van der Waals surface area contributed by atoms with Crippen molar-refractivity contribution >= 4 is 17.7 Å². The number of benzene rings is 1. The van der Waals surface area contributed by atoms with Gasteiger partial charge in [0.1, 0.15) is 23.7 Å². The Bertz CT molecular complexity index is 1100. The van der Waals surface area contributed by atoms with Gasteiger partial charge >= 0.3 is 0 Å². The Morgan fingerprint density at radius 1 is 1.39 bits per heavy atom.